The molecule has 27 heavy (non-hydrogen) atoms. The number of carbonyl (C=O) groups is 1. The third-order valence-corrected chi connectivity index (χ3v) is 5.82. The van der Waals surface area contributed by atoms with E-state index in [-0.39, 0.29) is 23.0 Å². The molecule has 0 saturated heterocycles. The first kappa shape index (κ1) is 18.7. The number of benzene rings is 2. The van der Waals surface area contributed by atoms with Gasteiger partial charge in [-0.15, -0.1) is 5.10 Å². The summed E-state index contributed by atoms with van der Waals surface area (Å²) in [6.45, 7) is 2.39. The van der Waals surface area contributed by atoms with Crippen LogP contribution in [0.5, 0.6) is 0 Å². The molecule has 0 spiro atoms. The lowest BCUT2D eigenvalue weighted by molar-refractivity contribution is 0.102. The van der Waals surface area contributed by atoms with Crippen molar-refractivity contribution in [2.24, 2.45) is 0 Å². The molecule has 1 heterocycles. The zero-order chi connectivity index (χ0) is 19.3. The largest absolute Gasteiger partial charge is 0.411 e. The van der Waals surface area contributed by atoms with Crippen molar-refractivity contribution >= 4 is 21.9 Å². The minimum Gasteiger partial charge on any atom is -0.411 e. The predicted octanol–water partition coefficient (Wildman–Crippen LogP) is 2.53. The van der Waals surface area contributed by atoms with E-state index in [2.05, 4.69) is 15.5 Å². The van der Waals surface area contributed by atoms with Crippen molar-refractivity contribution in [3.05, 3.63) is 72.1 Å². The van der Waals surface area contributed by atoms with Gasteiger partial charge >= 0.3 is 6.01 Å². The van der Waals surface area contributed by atoms with E-state index in [0.717, 1.165) is 12.0 Å². The van der Waals surface area contributed by atoms with Gasteiger partial charge in [0.2, 0.25) is 16.4 Å². The van der Waals surface area contributed by atoms with Crippen LogP contribution in [-0.4, -0.2) is 35.4 Å². The zero-order valence-electron chi connectivity index (χ0n) is 14.6. The highest BCUT2D eigenvalue weighted by atomic mass is 32.2. The van der Waals surface area contributed by atoms with Crippen LogP contribution in [0, 0.1) is 0 Å². The Bertz CT molecular complexity index is 988. The van der Waals surface area contributed by atoms with Crippen molar-refractivity contribution in [1.29, 1.82) is 0 Å². The van der Waals surface area contributed by atoms with Gasteiger partial charge in [-0.1, -0.05) is 42.4 Å². The van der Waals surface area contributed by atoms with Crippen LogP contribution in [0.4, 0.5) is 6.01 Å². The predicted molar refractivity (Wildman–Crippen MR) is 98.4 cm³/mol. The summed E-state index contributed by atoms with van der Waals surface area (Å²) in [5, 5.41) is 9.45. The lowest BCUT2D eigenvalue weighted by Crippen LogP contribution is -2.30. The smallest absolute Gasteiger partial charge is 0.322 e. The monoisotopic (exact) mass is 386 g/mol. The molecule has 1 aromatic heterocycles. The van der Waals surface area contributed by atoms with E-state index < -0.39 is 15.9 Å². The maximum absolute atomic E-state index is 12.9. The average Bonchev–Trinajstić information content (AvgIpc) is 3.20. The van der Waals surface area contributed by atoms with Crippen molar-refractivity contribution in [2.45, 2.75) is 18.4 Å². The van der Waals surface area contributed by atoms with Crippen molar-refractivity contribution in [2.75, 3.05) is 11.9 Å². The number of hydrogen-bond donors (Lipinski definition) is 1. The number of anilines is 1. The van der Waals surface area contributed by atoms with E-state index >= 15 is 0 Å². The number of sulfonamides is 1. The Morgan fingerprint density at radius 1 is 1.11 bits per heavy atom. The van der Waals surface area contributed by atoms with Crippen LogP contribution < -0.4 is 5.32 Å². The first-order valence-corrected chi connectivity index (χ1v) is 9.66. The summed E-state index contributed by atoms with van der Waals surface area (Å²) >= 11 is 0. The minimum atomic E-state index is -3.68. The molecule has 2 aromatic carbocycles. The van der Waals surface area contributed by atoms with Gasteiger partial charge < -0.3 is 4.42 Å². The van der Waals surface area contributed by atoms with Gasteiger partial charge in [0.25, 0.3) is 5.91 Å². The van der Waals surface area contributed by atoms with Crippen molar-refractivity contribution in [3.8, 4) is 0 Å². The van der Waals surface area contributed by atoms with Crippen LogP contribution in [0.15, 0.2) is 70.3 Å². The molecule has 0 unspecified atom stereocenters. The van der Waals surface area contributed by atoms with Gasteiger partial charge in [0.15, 0.2) is 0 Å². The first-order valence-electron chi connectivity index (χ1n) is 8.22. The Hall–Kier alpha value is -3.04. The maximum atomic E-state index is 12.9. The van der Waals surface area contributed by atoms with Crippen LogP contribution in [0.2, 0.25) is 0 Å². The fraction of sp³-hybridized carbons (Fsp3) is 0.167. The molecule has 0 aliphatic carbocycles. The molecular weight excluding hydrogens is 368 g/mol. The molecule has 0 bridgehead atoms. The molecule has 0 fully saturated rings. The molecule has 0 aliphatic heterocycles. The van der Waals surface area contributed by atoms with Crippen LogP contribution in [-0.2, 0) is 16.6 Å². The van der Waals surface area contributed by atoms with Crippen LogP contribution in [0.3, 0.4) is 0 Å². The molecule has 0 atom stereocenters. The topological polar surface area (TPSA) is 105 Å². The second kappa shape index (κ2) is 8.11. The van der Waals surface area contributed by atoms with Gasteiger partial charge in [-0.2, -0.15) is 4.31 Å². The number of rotatable bonds is 7. The highest BCUT2D eigenvalue weighted by molar-refractivity contribution is 7.89. The average molecular weight is 386 g/mol. The summed E-state index contributed by atoms with van der Waals surface area (Å²) in [7, 11) is -3.68. The van der Waals surface area contributed by atoms with Gasteiger partial charge in [0.1, 0.15) is 0 Å². The Kier molecular flexibility index (Phi) is 5.63. The molecule has 1 amide bonds. The third-order valence-electron chi connectivity index (χ3n) is 3.89. The lowest BCUT2D eigenvalue weighted by atomic mass is 10.2. The molecule has 0 aliphatic rings. The summed E-state index contributed by atoms with van der Waals surface area (Å²) < 4.78 is 32.0. The second-order valence-corrected chi connectivity index (χ2v) is 7.58. The van der Waals surface area contributed by atoms with E-state index in [9.17, 15) is 13.2 Å². The van der Waals surface area contributed by atoms with E-state index in [4.69, 9.17) is 4.42 Å². The normalized spacial score (nSPS) is 11.5. The van der Waals surface area contributed by atoms with Gasteiger partial charge in [0.05, 0.1) is 4.90 Å². The summed E-state index contributed by atoms with van der Waals surface area (Å²) in [5.74, 6) is -0.472. The summed E-state index contributed by atoms with van der Waals surface area (Å²) in [6, 6.07) is 15.0. The molecular formula is C18H18N4O4S. The molecule has 1 N–H and O–H groups in total. The van der Waals surface area contributed by atoms with Gasteiger partial charge in [-0.3, -0.25) is 10.1 Å². The van der Waals surface area contributed by atoms with E-state index in [1.807, 2.05) is 30.3 Å². The SMILES string of the molecule is CCN(Cc1ccccc1)S(=O)(=O)c1ccc(C(=O)Nc2nnco2)cc1. The maximum Gasteiger partial charge on any atom is 0.322 e. The summed E-state index contributed by atoms with van der Waals surface area (Å²) in [5.41, 5.74) is 1.18. The number of aromatic nitrogens is 2. The molecule has 140 valence electrons. The van der Waals surface area contributed by atoms with E-state index in [0.29, 0.717) is 6.54 Å². The Morgan fingerprint density at radius 2 is 1.81 bits per heavy atom. The fourth-order valence-corrected chi connectivity index (χ4v) is 3.92. The van der Waals surface area contributed by atoms with Gasteiger partial charge in [-0.05, 0) is 29.8 Å². The molecule has 9 heteroatoms. The highest BCUT2D eigenvalue weighted by Crippen LogP contribution is 2.19. The number of nitrogens with zero attached hydrogens (tertiary/aromatic N) is 3. The quantitative estimate of drug-likeness (QED) is 0.669. The standard InChI is InChI=1S/C18H18N4O4S/c1-2-22(12-14-6-4-3-5-7-14)27(24,25)16-10-8-15(9-11-16)17(23)20-18-21-19-13-26-18/h3-11,13H,2,12H2,1H3,(H,20,21,23). The minimum absolute atomic E-state index is 0.0308. The molecule has 3 aromatic rings. The van der Waals surface area contributed by atoms with Crippen molar-refractivity contribution in [1.82, 2.24) is 14.5 Å². The zero-order valence-corrected chi connectivity index (χ0v) is 15.4. The number of amides is 1. The number of carbonyl (C=O) groups excluding carboxylic acids is 1. The fourth-order valence-electron chi connectivity index (χ4n) is 2.48. The molecule has 0 saturated carbocycles. The van der Waals surface area contributed by atoms with Crippen molar-refractivity contribution < 1.29 is 17.6 Å². The summed E-state index contributed by atoms with van der Waals surface area (Å²) in [4.78, 5) is 12.2. The third kappa shape index (κ3) is 4.39. The van der Waals surface area contributed by atoms with Crippen LogP contribution >= 0.6 is 0 Å². The van der Waals surface area contributed by atoms with Crippen molar-refractivity contribution in [3.63, 3.8) is 0 Å². The number of hydrogen-bond acceptors (Lipinski definition) is 6. The van der Waals surface area contributed by atoms with E-state index in [1.54, 1.807) is 6.92 Å². The van der Waals surface area contributed by atoms with Crippen LogP contribution in [0.25, 0.3) is 0 Å². The van der Waals surface area contributed by atoms with Crippen LogP contribution in [0.1, 0.15) is 22.8 Å². The molecule has 8 nitrogen and oxygen atoms in total. The highest BCUT2D eigenvalue weighted by Gasteiger charge is 2.23. The Labute approximate surface area is 156 Å². The number of nitrogens with one attached hydrogen (secondary N) is 1. The first-order chi connectivity index (χ1) is 13.0. The van der Waals surface area contributed by atoms with Gasteiger partial charge in [-0.25, -0.2) is 8.42 Å². The van der Waals surface area contributed by atoms with Gasteiger partial charge in [0, 0.05) is 18.7 Å². The lowest BCUT2D eigenvalue weighted by Gasteiger charge is -2.20. The Morgan fingerprint density at radius 3 is 2.41 bits per heavy atom. The Balaban J connectivity index is 1.76. The molecule has 3 rings (SSSR count). The second-order valence-electron chi connectivity index (χ2n) is 5.64. The summed E-state index contributed by atoms with van der Waals surface area (Å²) in [6.07, 6.45) is 1.09. The molecule has 0 radical (unpaired) electrons. The van der Waals surface area contributed by atoms with E-state index in [1.165, 1.54) is 28.6 Å².